The summed E-state index contributed by atoms with van der Waals surface area (Å²) in [5.41, 5.74) is 7.14. The average Bonchev–Trinajstić information content (AvgIpc) is 3.22. The number of carbonyl (C=O) groups is 3. The highest BCUT2D eigenvalue weighted by Gasteiger charge is 2.55. The van der Waals surface area contributed by atoms with Gasteiger partial charge in [0, 0.05) is 23.1 Å². The Morgan fingerprint density at radius 3 is 3.04 bits per heavy atom. The number of nitrogens with two attached hydrogens (primary N) is 1. The second-order valence-electron chi connectivity index (χ2n) is 5.87. The molecule has 9 nitrogen and oxygen atoms in total. The molecular formula is C15H14N4O5S2. The average molecular weight is 394 g/mol. The number of hydrogen-bond donors (Lipinski definition) is 1. The van der Waals surface area contributed by atoms with E-state index in [1.807, 2.05) is 0 Å². The van der Waals surface area contributed by atoms with Crippen LogP contribution >= 0.6 is 23.1 Å². The van der Waals surface area contributed by atoms with E-state index in [0.717, 1.165) is 5.57 Å². The van der Waals surface area contributed by atoms with Gasteiger partial charge in [-0.1, -0.05) is 5.16 Å². The molecule has 26 heavy (non-hydrogen) atoms. The summed E-state index contributed by atoms with van der Waals surface area (Å²) in [4.78, 5) is 47.3. The molecule has 0 saturated carbocycles. The van der Waals surface area contributed by atoms with Gasteiger partial charge in [0.15, 0.2) is 16.6 Å². The molecule has 3 aliphatic heterocycles. The molecule has 4 rings (SSSR count). The Labute approximate surface area is 156 Å². The van der Waals surface area contributed by atoms with E-state index < -0.39 is 11.9 Å². The first-order valence-electron chi connectivity index (χ1n) is 7.70. The number of amides is 1. The molecule has 1 aromatic rings. The predicted octanol–water partition coefficient (Wildman–Crippen LogP) is 0.377. The number of nitrogens with zero attached hydrogens (tertiary/aromatic N) is 3. The van der Waals surface area contributed by atoms with E-state index in [0.29, 0.717) is 22.3 Å². The molecule has 0 spiro atoms. The third-order valence-corrected chi connectivity index (χ3v) is 6.41. The maximum atomic E-state index is 12.7. The summed E-state index contributed by atoms with van der Waals surface area (Å²) in [6, 6.07) is 0. The van der Waals surface area contributed by atoms with Gasteiger partial charge < -0.3 is 15.3 Å². The van der Waals surface area contributed by atoms with E-state index in [1.165, 1.54) is 35.1 Å². The van der Waals surface area contributed by atoms with Gasteiger partial charge >= 0.3 is 5.97 Å². The van der Waals surface area contributed by atoms with Crippen LogP contribution in [0.5, 0.6) is 0 Å². The molecule has 1 amide bonds. The van der Waals surface area contributed by atoms with Gasteiger partial charge in [-0.3, -0.25) is 14.5 Å². The van der Waals surface area contributed by atoms with Crippen molar-refractivity contribution in [2.75, 3.05) is 25.2 Å². The summed E-state index contributed by atoms with van der Waals surface area (Å²) < 4.78 is 5.01. The van der Waals surface area contributed by atoms with Crippen LogP contribution in [0.1, 0.15) is 12.1 Å². The zero-order chi connectivity index (χ0) is 18.4. The summed E-state index contributed by atoms with van der Waals surface area (Å²) in [5.74, 6) is -0.987. The van der Waals surface area contributed by atoms with Crippen LogP contribution in [0.15, 0.2) is 21.8 Å². The van der Waals surface area contributed by atoms with Gasteiger partial charge in [-0.05, 0) is 0 Å². The van der Waals surface area contributed by atoms with Gasteiger partial charge in [-0.2, -0.15) is 0 Å². The number of thiazole rings is 1. The number of ether oxygens (including phenoxy) is 1. The number of ketones is 1. The summed E-state index contributed by atoms with van der Waals surface area (Å²) in [6.07, 6.45) is -0.0374. The zero-order valence-electron chi connectivity index (χ0n) is 13.6. The lowest BCUT2D eigenvalue weighted by Crippen LogP contribution is -2.61. The fourth-order valence-corrected chi connectivity index (χ4v) is 5.11. The Bertz CT molecular complexity index is 877. The van der Waals surface area contributed by atoms with E-state index in [4.69, 9.17) is 15.3 Å². The highest BCUT2D eigenvalue weighted by molar-refractivity contribution is 8.00. The highest BCUT2D eigenvalue weighted by Crippen LogP contribution is 2.46. The molecular weight excluding hydrogens is 380 g/mol. The number of cyclic esters (lactones) is 1. The Morgan fingerprint density at radius 2 is 2.35 bits per heavy atom. The molecule has 2 atom stereocenters. The monoisotopic (exact) mass is 394 g/mol. The van der Waals surface area contributed by atoms with Gasteiger partial charge in [0.1, 0.15) is 25.1 Å². The Morgan fingerprint density at radius 1 is 1.54 bits per heavy atom. The van der Waals surface area contributed by atoms with Crippen molar-refractivity contribution in [3.63, 3.8) is 0 Å². The van der Waals surface area contributed by atoms with E-state index in [1.54, 1.807) is 5.38 Å². The van der Waals surface area contributed by atoms with Crippen molar-refractivity contribution in [3.05, 3.63) is 22.3 Å². The molecule has 0 radical (unpaired) electrons. The number of Topliss-reactive ketones (excluding diaryl/α,β-unsaturated/α-hetero) is 1. The molecule has 11 heteroatoms. The normalized spacial score (nSPS) is 24.8. The number of aromatic nitrogens is 1. The largest absolute Gasteiger partial charge is 0.456 e. The van der Waals surface area contributed by atoms with Crippen LogP contribution < -0.4 is 5.73 Å². The van der Waals surface area contributed by atoms with E-state index in [-0.39, 0.29) is 35.8 Å². The third-order valence-electron chi connectivity index (χ3n) is 4.34. The quantitative estimate of drug-likeness (QED) is 0.329. The van der Waals surface area contributed by atoms with Crippen LogP contribution in [0.3, 0.4) is 0 Å². The standard InChI is InChI=1S/C15H14N4O5S2/c1-23-18-10(8-5-26-15(16)17-8)9(20)2-7-12(21)19-11-6(3-24-14(11)22)4-25-13(7)19/h5,7,13H,2-4H2,1H3,(H2,16,17)/b18-10-/t7-,13-/m1/s1. The first-order valence-corrected chi connectivity index (χ1v) is 9.63. The van der Waals surface area contributed by atoms with E-state index >= 15 is 0 Å². The van der Waals surface area contributed by atoms with Crippen LogP contribution in [0.25, 0.3) is 0 Å². The molecule has 0 aromatic carbocycles. The Balaban J connectivity index is 1.51. The van der Waals surface area contributed by atoms with Gasteiger partial charge in [-0.25, -0.2) is 9.78 Å². The second-order valence-corrected chi connectivity index (χ2v) is 7.86. The molecule has 1 aromatic heterocycles. The molecule has 3 aliphatic rings. The van der Waals surface area contributed by atoms with E-state index in [2.05, 4.69) is 10.1 Å². The molecule has 0 bridgehead atoms. The molecule has 2 N–H and O–H groups in total. The Hall–Kier alpha value is -2.40. The number of oxime groups is 1. The van der Waals surface area contributed by atoms with Crippen molar-refractivity contribution < 1.29 is 24.0 Å². The topological polar surface area (TPSA) is 124 Å². The molecule has 0 unspecified atom stereocenters. The van der Waals surface area contributed by atoms with Crippen molar-refractivity contribution in [1.82, 2.24) is 9.88 Å². The lowest BCUT2D eigenvalue weighted by molar-refractivity contribution is -0.153. The van der Waals surface area contributed by atoms with Crippen molar-refractivity contribution in [3.8, 4) is 0 Å². The number of nitrogen functional groups attached to an aromatic ring is 1. The SMILES string of the molecule is CO/N=C(\C(=O)C[C@@H]1C(=O)N2C3=C(COC3=O)CS[C@H]12)c1csc(N)n1. The van der Waals surface area contributed by atoms with Gasteiger partial charge in [0.25, 0.3) is 0 Å². The fourth-order valence-electron chi connectivity index (χ4n) is 3.16. The summed E-state index contributed by atoms with van der Waals surface area (Å²) in [7, 11) is 1.33. The second kappa shape index (κ2) is 6.40. The number of esters is 1. The highest BCUT2D eigenvalue weighted by atomic mass is 32.2. The van der Waals surface area contributed by atoms with Crippen LogP contribution in [-0.2, 0) is 24.0 Å². The molecule has 1 fully saturated rings. The number of rotatable bonds is 5. The minimum atomic E-state index is -0.520. The lowest BCUT2D eigenvalue weighted by atomic mass is 9.89. The number of fused-ring (bicyclic) bond motifs is 2. The first-order chi connectivity index (χ1) is 12.5. The zero-order valence-corrected chi connectivity index (χ0v) is 15.3. The summed E-state index contributed by atoms with van der Waals surface area (Å²) in [5, 5.41) is 5.43. The molecule has 1 saturated heterocycles. The maximum absolute atomic E-state index is 12.7. The smallest absolute Gasteiger partial charge is 0.355 e. The molecule has 4 heterocycles. The van der Waals surface area contributed by atoms with Crippen LogP contribution in [0, 0.1) is 5.92 Å². The van der Waals surface area contributed by atoms with Gasteiger partial charge in [-0.15, -0.1) is 23.1 Å². The van der Waals surface area contributed by atoms with E-state index in [9.17, 15) is 14.4 Å². The maximum Gasteiger partial charge on any atom is 0.355 e. The lowest BCUT2D eigenvalue weighted by Gasteiger charge is -2.48. The van der Waals surface area contributed by atoms with Crippen molar-refractivity contribution in [2.24, 2.45) is 11.1 Å². The minimum absolute atomic E-state index is 0.0349. The number of anilines is 1. The van der Waals surface area contributed by atoms with Crippen LogP contribution in [0.4, 0.5) is 5.13 Å². The summed E-state index contributed by atoms with van der Waals surface area (Å²) >= 11 is 2.71. The van der Waals surface area contributed by atoms with Gasteiger partial charge in [0.05, 0.1) is 11.3 Å². The fraction of sp³-hybridized carbons (Fsp3) is 0.400. The van der Waals surface area contributed by atoms with Crippen molar-refractivity contribution in [1.29, 1.82) is 0 Å². The predicted molar refractivity (Wildman–Crippen MR) is 94.3 cm³/mol. The number of hydrogen-bond acceptors (Lipinski definition) is 10. The van der Waals surface area contributed by atoms with Crippen molar-refractivity contribution >= 4 is 51.6 Å². The Kier molecular flexibility index (Phi) is 4.19. The number of thioether (sulfide) groups is 1. The van der Waals surface area contributed by atoms with Crippen LogP contribution in [-0.4, -0.2) is 58.1 Å². The number of β-lactam (4-membered cyclic amide) rings is 1. The van der Waals surface area contributed by atoms with Crippen molar-refractivity contribution in [2.45, 2.75) is 11.8 Å². The first kappa shape index (κ1) is 17.0. The number of carbonyl (C=O) groups excluding carboxylic acids is 3. The van der Waals surface area contributed by atoms with Crippen LogP contribution in [0.2, 0.25) is 0 Å². The minimum Gasteiger partial charge on any atom is -0.456 e. The third kappa shape index (κ3) is 2.58. The molecule has 0 aliphatic carbocycles. The molecule has 136 valence electrons. The van der Waals surface area contributed by atoms with Gasteiger partial charge in [0.2, 0.25) is 5.91 Å². The summed E-state index contributed by atoms with van der Waals surface area (Å²) in [6.45, 7) is 0.233.